The number of morpholine rings is 1. The molecule has 2 aromatic heterocycles. The zero-order valence-corrected chi connectivity index (χ0v) is 15.1. The third kappa shape index (κ3) is 4.15. The van der Waals surface area contributed by atoms with Crippen molar-refractivity contribution in [2.45, 2.75) is 0 Å². The molecule has 11 heteroatoms. The highest BCUT2D eigenvalue weighted by Crippen LogP contribution is 2.28. The van der Waals surface area contributed by atoms with Crippen molar-refractivity contribution >= 4 is 34.0 Å². The van der Waals surface area contributed by atoms with Gasteiger partial charge in [-0.2, -0.15) is 15.4 Å². The molecule has 28 heavy (non-hydrogen) atoms. The summed E-state index contributed by atoms with van der Waals surface area (Å²) in [4.78, 5) is 17.6. The number of rotatable bonds is 7. The zero-order chi connectivity index (χ0) is 19.3. The van der Waals surface area contributed by atoms with E-state index in [1.165, 1.54) is 6.07 Å². The molecule has 11 nitrogen and oxygen atoms in total. The minimum absolute atomic E-state index is 0.0982. The van der Waals surface area contributed by atoms with Crippen molar-refractivity contribution < 1.29 is 9.66 Å². The van der Waals surface area contributed by atoms with Gasteiger partial charge in [0.25, 0.3) is 0 Å². The van der Waals surface area contributed by atoms with Gasteiger partial charge in [-0.3, -0.25) is 15.0 Å². The molecule has 4 rings (SSSR count). The van der Waals surface area contributed by atoms with E-state index in [-0.39, 0.29) is 11.5 Å². The SMILES string of the molecule is O=[N+]([O-])c1ccc(NCCN2CCOCC2)nc1Nc1ccc2n[nH]nc2c1. The Morgan fingerprint density at radius 1 is 1.18 bits per heavy atom. The van der Waals surface area contributed by atoms with E-state index in [9.17, 15) is 10.1 Å². The Balaban J connectivity index is 1.47. The third-order valence-corrected chi connectivity index (χ3v) is 4.49. The van der Waals surface area contributed by atoms with Crippen molar-refractivity contribution in [3.8, 4) is 0 Å². The van der Waals surface area contributed by atoms with Crippen molar-refractivity contribution in [3.05, 3.63) is 40.4 Å². The molecule has 3 heterocycles. The molecule has 0 atom stereocenters. The van der Waals surface area contributed by atoms with E-state index in [0.29, 0.717) is 29.1 Å². The fourth-order valence-corrected chi connectivity index (χ4v) is 3.01. The maximum absolute atomic E-state index is 11.4. The van der Waals surface area contributed by atoms with Crippen molar-refractivity contribution in [1.29, 1.82) is 0 Å². The first-order chi connectivity index (χ1) is 13.7. The predicted molar refractivity (Wildman–Crippen MR) is 104 cm³/mol. The molecule has 0 spiro atoms. The Labute approximate surface area is 160 Å². The highest BCUT2D eigenvalue weighted by molar-refractivity contribution is 5.80. The molecule has 1 aliphatic heterocycles. The second kappa shape index (κ2) is 8.15. The van der Waals surface area contributed by atoms with Gasteiger partial charge in [0.15, 0.2) is 0 Å². The molecule has 146 valence electrons. The minimum atomic E-state index is -0.457. The highest BCUT2D eigenvalue weighted by atomic mass is 16.6. The molecule has 0 radical (unpaired) electrons. The van der Waals surface area contributed by atoms with Crippen LogP contribution in [0.3, 0.4) is 0 Å². The summed E-state index contributed by atoms with van der Waals surface area (Å²) in [6, 6.07) is 8.36. The van der Waals surface area contributed by atoms with E-state index in [0.717, 1.165) is 32.8 Å². The number of hydrogen-bond donors (Lipinski definition) is 3. The number of aromatic amines is 1. The number of nitro groups is 1. The van der Waals surface area contributed by atoms with E-state index < -0.39 is 4.92 Å². The second-order valence-corrected chi connectivity index (χ2v) is 6.35. The topological polar surface area (TPSA) is 134 Å². The number of nitrogens with zero attached hydrogens (tertiary/aromatic N) is 5. The number of ether oxygens (including phenoxy) is 1. The molecule has 1 fully saturated rings. The largest absolute Gasteiger partial charge is 0.379 e. The minimum Gasteiger partial charge on any atom is -0.379 e. The maximum Gasteiger partial charge on any atom is 0.311 e. The molecule has 3 N–H and O–H groups in total. The lowest BCUT2D eigenvalue weighted by Gasteiger charge is -2.26. The molecule has 0 unspecified atom stereocenters. The average Bonchev–Trinajstić information content (AvgIpc) is 3.17. The van der Waals surface area contributed by atoms with Gasteiger partial charge in [-0.15, -0.1) is 0 Å². The van der Waals surface area contributed by atoms with Crippen LogP contribution in [0.2, 0.25) is 0 Å². The highest BCUT2D eigenvalue weighted by Gasteiger charge is 2.17. The van der Waals surface area contributed by atoms with Crippen LogP contribution in [0.25, 0.3) is 11.0 Å². The van der Waals surface area contributed by atoms with E-state index in [4.69, 9.17) is 4.74 Å². The van der Waals surface area contributed by atoms with E-state index >= 15 is 0 Å². The number of fused-ring (bicyclic) bond motifs is 1. The molecule has 0 aliphatic carbocycles. The van der Waals surface area contributed by atoms with Crippen LogP contribution >= 0.6 is 0 Å². The lowest BCUT2D eigenvalue weighted by Crippen LogP contribution is -2.39. The fourth-order valence-electron chi connectivity index (χ4n) is 3.01. The Bertz CT molecular complexity index is 970. The smallest absolute Gasteiger partial charge is 0.311 e. The van der Waals surface area contributed by atoms with E-state index in [1.807, 2.05) is 0 Å². The Morgan fingerprint density at radius 3 is 2.82 bits per heavy atom. The predicted octanol–water partition coefficient (Wildman–Crippen LogP) is 1.75. The molecular weight excluding hydrogens is 364 g/mol. The summed E-state index contributed by atoms with van der Waals surface area (Å²) in [5.74, 6) is 0.744. The number of hydrogen-bond acceptors (Lipinski definition) is 9. The Kier molecular flexibility index (Phi) is 5.26. The summed E-state index contributed by atoms with van der Waals surface area (Å²) in [7, 11) is 0. The van der Waals surface area contributed by atoms with Gasteiger partial charge in [-0.25, -0.2) is 4.98 Å². The Morgan fingerprint density at radius 2 is 2.00 bits per heavy atom. The number of nitrogens with one attached hydrogen (secondary N) is 3. The molecule has 0 bridgehead atoms. The summed E-state index contributed by atoms with van der Waals surface area (Å²) in [5.41, 5.74) is 1.92. The normalized spacial score (nSPS) is 14.9. The first-order valence-corrected chi connectivity index (χ1v) is 8.96. The number of aromatic nitrogens is 4. The first kappa shape index (κ1) is 18.1. The molecule has 3 aromatic rings. The first-order valence-electron chi connectivity index (χ1n) is 8.96. The van der Waals surface area contributed by atoms with Crippen LogP contribution in [0.15, 0.2) is 30.3 Å². The van der Waals surface area contributed by atoms with Crippen molar-refractivity contribution in [2.75, 3.05) is 50.0 Å². The quantitative estimate of drug-likeness (QED) is 0.411. The van der Waals surface area contributed by atoms with Crippen molar-refractivity contribution in [3.63, 3.8) is 0 Å². The van der Waals surface area contributed by atoms with Crippen LogP contribution in [-0.2, 0) is 4.74 Å². The lowest BCUT2D eigenvalue weighted by molar-refractivity contribution is -0.384. The summed E-state index contributed by atoms with van der Waals surface area (Å²) in [6.07, 6.45) is 0. The molecule has 1 aliphatic rings. The molecule has 0 amide bonds. The van der Waals surface area contributed by atoms with Crippen molar-refractivity contribution in [1.82, 2.24) is 25.3 Å². The van der Waals surface area contributed by atoms with Crippen LogP contribution in [0.5, 0.6) is 0 Å². The maximum atomic E-state index is 11.4. The Hall–Kier alpha value is -3.31. The van der Waals surface area contributed by atoms with Crippen LogP contribution in [0, 0.1) is 10.1 Å². The number of anilines is 3. The standard InChI is InChI=1S/C17H20N8O3/c26-25(27)15-3-4-16(18-5-6-24-7-9-28-10-8-24)20-17(15)19-12-1-2-13-14(11-12)22-23-21-13/h1-4,11H,5-10H2,(H2,18,19,20)(H,21,22,23). The molecule has 1 aromatic carbocycles. The second-order valence-electron chi connectivity index (χ2n) is 6.35. The molecule has 1 saturated heterocycles. The molecular formula is C17H20N8O3. The van der Waals surface area contributed by atoms with Gasteiger partial charge in [-0.1, -0.05) is 0 Å². The van der Waals surface area contributed by atoms with Crippen LogP contribution in [-0.4, -0.2) is 69.6 Å². The monoisotopic (exact) mass is 384 g/mol. The van der Waals surface area contributed by atoms with E-state index in [1.54, 1.807) is 24.3 Å². The number of H-pyrrole nitrogens is 1. The summed E-state index contributed by atoms with van der Waals surface area (Å²) >= 11 is 0. The van der Waals surface area contributed by atoms with Crippen LogP contribution < -0.4 is 10.6 Å². The van der Waals surface area contributed by atoms with Gasteiger partial charge in [0, 0.05) is 37.9 Å². The van der Waals surface area contributed by atoms with Crippen LogP contribution in [0.4, 0.5) is 23.0 Å². The van der Waals surface area contributed by atoms with Gasteiger partial charge in [0.05, 0.1) is 18.1 Å². The van der Waals surface area contributed by atoms with Gasteiger partial charge < -0.3 is 15.4 Å². The molecule has 0 saturated carbocycles. The fraction of sp³-hybridized carbons (Fsp3) is 0.353. The van der Waals surface area contributed by atoms with Gasteiger partial charge in [0.2, 0.25) is 5.82 Å². The zero-order valence-electron chi connectivity index (χ0n) is 15.1. The van der Waals surface area contributed by atoms with Gasteiger partial charge in [0.1, 0.15) is 16.9 Å². The summed E-state index contributed by atoms with van der Waals surface area (Å²) in [5, 5.41) is 28.2. The van der Waals surface area contributed by atoms with Crippen LogP contribution in [0.1, 0.15) is 0 Å². The number of benzene rings is 1. The van der Waals surface area contributed by atoms with Crippen molar-refractivity contribution in [2.24, 2.45) is 0 Å². The average molecular weight is 384 g/mol. The summed E-state index contributed by atoms with van der Waals surface area (Å²) in [6.45, 7) is 4.86. The lowest BCUT2D eigenvalue weighted by atomic mass is 10.2. The summed E-state index contributed by atoms with van der Waals surface area (Å²) < 4.78 is 5.34. The number of pyridine rings is 1. The van der Waals surface area contributed by atoms with Gasteiger partial charge in [-0.05, 0) is 24.3 Å². The van der Waals surface area contributed by atoms with E-state index in [2.05, 4.69) is 35.9 Å². The third-order valence-electron chi connectivity index (χ3n) is 4.49. The van der Waals surface area contributed by atoms with Gasteiger partial charge >= 0.3 is 5.69 Å².